The van der Waals surface area contributed by atoms with E-state index in [4.69, 9.17) is 43.1 Å². The van der Waals surface area contributed by atoms with E-state index in [-0.39, 0.29) is 23.8 Å². The van der Waals surface area contributed by atoms with E-state index in [1.54, 1.807) is 42.5 Å². The fraction of sp³-hybridized carbons (Fsp3) is 0.120. The lowest BCUT2D eigenvalue weighted by Gasteiger charge is -2.27. The van der Waals surface area contributed by atoms with Gasteiger partial charge in [0.15, 0.2) is 6.61 Å². The van der Waals surface area contributed by atoms with Crippen molar-refractivity contribution in [2.24, 2.45) is 5.73 Å². The second-order valence-electron chi connectivity index (χ2n) is 7.37. The minimum absolute atomic E-state index is 0.0489. The number of hydrogen-bond donors (Lipinski definition) is 1. The quantitative estimate of drug-likeness (QED) is 0.382. The molecule has 2 N–H and O–H groups in total. The molecule has 4 rings (SSSR count). The molecule has 3 aromatic rings. The number of hydrogen-bond acceptors (Lipinski definition) is 6. The van der Waals surface area contributed by atoms with Crippen LogP contribution in [0.3, 0.4) is 0 Å². The number of fused-ring (bicyclic) bond motifs is 1. The molecule has 1 unspecified atom stereocenters. The van der Waals surface area contributed by atoms with Crippen LogP contribution in [-0.4, -0.2) is 12.6 Å². The van der Waals surface area contributed by atoms with Crippen molar-refractivity contribution >= 4 is 29.2 Å². The highest BCUT2D eigenvalue weighted by Crippen LogP contribution is 2.45. The number of nitrogens with two attached hydrogens (primary N) is 1. The number of halogens is 2. The second-order valence-corrected chi connectivity index (χ2v) is 8.21. The van der Waals surface area contributed by atoms with Crippen LogP contribution in [0.15, 0.2) is 72.1 Å². The van der Waals surface area contributed by atoms with E-state index in [1.807, 2.05) is 19.1 Å². The highest BCUT2D eigenvalue weighted by Gasteiger charge is 2.32. The molecular weight excluding hydrogens is 463 g/mol. The van der Waals surface area contributed by atoms with Crippen LogP contribution in [0.1, 0.15) is 22.6 Å². The lowest BCUT2D eigenvalue weighted by atomic mass is 9.83. The van der Waals surface area contributed by atoms with E-state index >= 15 is 0 Å². The molecule has 1 aliphatic heterocycles. The minimum atomic E-state index is -0.579. The molecule has 0 radical (unpaired) electrons. The Labute approximate surface area is 200 Å². The Kier molecular flexibility index (Phi) is 6.45. The maximum absolute atomic E-state index is 12.3. The Bertz CT molecular complexity index is 1300. The highest BCUT2D eigenvalue weighted by atomic mass is 35.5. The van der Waals surface area contributed by atoms with Crippen molar-refractivity contribution in [2.45, 2.75) is 12.8 Å². The third-order valence-corrected chi connectivity index (χ3v) is 5.64. The molecule has 0 amide bonds. The number of nitrogens with zero attached hydrogens (tertiary/aromatic N) is 1. The van der Waals surface area contributed by atoms with E-state index in [9.17, 15) is 10.1 Å². The van der Waals surface area contributed by atoms with Crippen LogP contribution in [0.25, 0.3) is 0 Å². The number of benzene rings is 3. The third kappa shape index (κ3) is 4.90. The average Bonchev–Trinajstić information content (AvgIpc) is 2.78. The van der Waals surface area contributed by atoms with Gasteiger partial charge >= 0.3 is 5.97 Å². The van der Waals surface area contributed by atoms with Gasteiger partial charge in [0, 0.05) is 21.7 Å². The van der Waals surface area contributed by atoms with Gasteiger partial charge in [-0.2, -0.15) is 5.26 Å². The number of carbonyl (C=O) groups is 1. The maximum atomic E-state index is 12.3. The smallest absolute Gasteiger partial charge is 0.349 e. The molecule has 166 valence electrons. The van der Waals surface area contributed by atoms with Gasteiger partial charge in [-0.05, 0) is 42.8 Å². The fourth-order valence-electron chi connectivity index (χ4n) is 3.49. The summed E-state index contributed by atoms with van der Waals surface area (Å²) in [6.45, 7) is 1.70. The predicted octanol–water partition coefficient (Wildman–Crippen LogP) is 5.50. The Balaban J connectivity index is 1.56. The van der Waals surface area contributed by atoms with Crippen LogP contribution in [0, 0.1) is 18.3 Å². The summed E-state index contributed by atoms with van der Waals surface area (Å²) in [5.41, 5.74) is 8.64. The number of allylic oxidation sites excluding steroid dienone is 1. The van der Waals surface area contributed by atoms with Crippen molar-refractivity contribution in [3.8, 4) is 23.3 Å². The monoisotopic (exact) mass is 480 g/mol. The lowest BCUT2D eigenvalue weighted by Crippen LogP contribution is -2.22. The Morgan fingerprint density at radius 2 is 1.76 bits per heavy atom. The van der Waals surface area contributed by atoms with Crippen LogP contribution in [0.5, 0.6) is 17.2 Å². The molecule has 0 saturated carbocycles. The number of nitriles is 1. The Morgan fingerprint density at radius 3 is 2.45 bits per heavy atom. The van der Waals surface area contributed by atoms with Gasteiger partial charge in [0.25, 0.3) is 0 Å². The number of aryl methyl sites for hydroxylation is 1. The predicted molar refractivity (Wildman–Crippen MR) is 125 cm³/mol. The molecule has 33 heavy (non-hydrogen) atoms. The van der Waals surface area contributed by atoms with Crippen molar-refractivity contribution in [2.75, 3.05) is 6.61 Å². The Morgan fingerprint density at radius 1 is 1.06 bits per heavy atom. The molecule has 8 heteroatoms. The summed E-state index contributed by atoms with van der Waals surface area (Å²) in [7, 11) is 0. The van der Waals surface area contributed by atoms with Gasteiger partial charge in [-0.3, -0.25) is 0 Å². The minimum Gasteiger partial charge on any atom is -0.482 e. The molecule has 0 fully saturated rings. The molecule has 0 spiro atoms. The van der Waals surface area contributed by atoms with E-state index in [2.05, 4.69) is 6.07 Å². The van der Waals surface area contributed by atoms with Crippen LogP contribution >= 0.6 is 23.2 Å². The molecule has 6 nitrogen and oxygen atoms in total. The summed E-state index contributed by atoms with van der Waals surface area (Å²) in [5, 5.41) is 10.6. The number of esters is 1. The largest absolute Gasteiger partial charge is 0.482 e. The molecule has 0 aliphatic carbocycles. The Hall–Kier alpha value is -3.66. The first-order valence-corrected chi connectivity index (χ1v) is 10.7. The molecule has 0 saturated heterocycles. The maximum Gasteiger partial charge on any atom is 0.349 e. The zero-order valence-electron chi connectivity index (χ0n) is 17.5. The van der Waals surface area contributed by atoms with Crippen LogP contribution < -0.4 is 19.9 Å². The van der Waals surface area contributed by atoms with Gasteiger partial charge in [-0.25, -0.2) is 4.79 Å². The van der Waals surface area contributed by atoms with Gasteiger partial charge in [0.1, 0.15) is 28.9 Å². The summed E-state index contributed by atoms with van der Waals surface area (Å²) in [4.78, 5) is 12.3. The molecule has 1 aliphatic rings. The van der Waals surface area contributed by atoms with Gasteiger partial charge in [0.2, 0.25) is 5.88 Å². The van der Waals surface area contributed by atoms with Gasteiger partial charge < -0.3 is 19.9 Å². The topological polar surface area (TPSA) is 94.6 Å². The summed E-state index contributed by atoms with van der Waals surface area (Å²) in [5.74, 6) is -0.0150. The molecule has 3 aromatic carbocycles. The van der Waals surface area contributed by atoms with Crippen LogP contribution in [0.4, 0.5) is 0 Å². The fourth-order valence-corrected chi connectivity index (χ4v) is 4.01. The van der Waals surface area contributed by atoms with Crippen LogP contribution in [-0.2, 0) is 4.79 Å². The molecule has 0 aromatic heterocycles. The zero-order valence-corrected chi connectivity index (χ0v) is 19.0. The summed E-state index contributed by atoms with van der Waals surface area (Å²) in [6, 6.07) is 19.3. The SMILES string of the molecule is Cc1ccc(OCC(=O)Oc2ccc3c(c2)OC(N)=C(C#N)C3c2ccc(Cl)cc2Cl)cc1. The van der Waals surface area contributed by atoms with Crippen LogP contribution in [0.2, 0.25) is 10.0 Å². The van der Waals surface area contributed by atoms with E-state index < -0.39 is 11.9 Å². The average molecular weight is 481 g/mol. The van der Waals surface area contributed by atoms with Gasteiger partial charge in [0.05, 0.1) is 5.92 Å². The second kappa shape index (κ2) is 9.45. The summed E-state index contributed by atoms with van der Waals surface area (Å²) in [6.07, 6.45) is 0. The lowest BCUT2D eigenvalue weighted by molar-refractivity contribution is -0.136. The van der Waals surface area contributed by atoms with Gasteiger partial charge in [-0.1, -0.05) is 53.0 Å². The number of rotatable bonds is 5. The van der Waals surface area contributed by atoms with Crippen molar-refractivity contribution in [1.82, 2.24) is 0 Å². The van der Waals surface area contributed by atoms with E-state index in [0.717, 1.165) is 5.56 Å². The van der Waals surface area contributed by atoms with Gasteiger partial charge in [-0.15, -0.1) is 0 Å². The normalized spacial score (nSPS) is 14.7. The standard InChI is InChI=1S/C25H18Cl2N2O4/c1-14-2-5-16(6-3-14)31-13-23(30)32-17-7-9-19-22(11-17)33-25(29)20(12-28)24(19)18-8-4-15(26)10-21(18)27/h2-11,24H,13,29H2,1H3. The zero-order chi connectivity index (χ0) is 23.5. The molecule has 1 atom stereocenters. The first-order chi connectivity index (χ1) is 15.9. The van der Waals surface area contributed by atoms with Crippen molar-refractivity contribution in [3.63, 3.8) is 0 Å². The van der Waals surface area contributed by atoms with Crippen molar-refractivity contribution < 1.29 is 19.0 Å². The van der Waals surface area contributed by atoms with Crippen molar-refractivity contribution in [3.05, 3.63) is 98.9 Å². The number of carbonyl (C=O) groups excluding carboxylic acids is 1. The highest BCUT2D eigenvalue weighted by molar-refractivity contribution is 6.35. The molecule has 1 heterocycles. The van der Waals surface area contributed by atoms with Crippen molar-refractivity contribution in [1.29, 1.82) is 5.26 Å². The molecular formula is C25H18Cl2N2O4. The molecule has 0 bridgehead atoms. The van der Waals surface area contributed by atoms with E-state index in [1.165, 1.54) is 6.07 Å². The first kappa shape index (κ1) is 22.5. The van der Waals surface area contributed by atoms with E-state index in [0.29, 0.717) is 32.7 Å². The summed E-state index contributed by atoms with van der Waals surface area (Å²) >= 11 is 12.4. The third-order valence-electron chi connectivity index (χ3n) is 5.07. The summed E-state index contributed by atoms with van der Waals surface area (Å²) < 4.78 is 16.5. The number of ether oxygens (including phenoxy) is 3. The first-order valence-electron chi connectivity index (χ1n) is 9.92.